The molecule has 0 saturated carbocycles. The molecular weight excluding hydrogens is 318 g/mol. The Balaban J connectivity index is 0.000000257. The van der Waals surface area contributed by atoms with E-state index < -0.39 is 0 Å². The van der Waals surface area contributed by atoms with Crippen LogP contribution in [-0.4, -0.2) is 65.3 Å². The van der Waals surface area contributed by atoms with Crippen molar-refractivity contribution in [3.63, 3.8) is 0 Å². The highest BCUT2D eigenvalue weighted by Gasteiger charge is 2.33. The van der Waals surface area contributed by atoms with Gasteiger partial charge in [0.05, 0.1) is 6.54 Å². The first-order valence-corrected chi connectivity index (χ1v) is 8.48. The summed E-state index contributed by atoms with van der Waals surface area (Å²) in [5, 5.41) is 11.6. The Morgan fingerprint density at radius 2 is 2.00 bits per heavy atom. The number of hydrogen-bond donors (Lipinski definition) is 0. The van der Waals surface area contributed by atoms with Crippen LogP contribution in [0.5, 0.6) is 0 Å². The first kappa shape index (κ1) is 21.2. The molecule has 25 heavy (non-hydrogen) atoms. The van der Waals surface area contributed by atoms with Crippen LogP contribution in [-0.2, 0) is 16.0 Å². The number of allylic oxidation sites excluding steroid dienone is 3. The van der Waals surface area contributed by atoms with Crippen LogP contribution in [0.1, 0.15) is 26.6 Å². The van der Waals surface area contributed by atoms with E-state index in [-0.39, 0.29) is 6.29 Å². The molecule has 0 amide bonds. The Bertz CT molecular complexity index is 572. The molecule has 0 atom stereocenters. The maximum Gasteiger partial charge on any atom is 0.204 e. The lowest BCUT2D eigenvalue weighted by Gasteiger charge is -2.42. The second kappa shape index (κ2) is 10.9. The second-order valence-electron chi connectivity index (χ2n) is 5.96. The van der Waals surface area contributed by atoms with Gasteiger partial charge in [-0.25, -0.2) is 0 Å². The topological polar surface area (TPSA) is 65.3 Å². The van der Waals surface area contributed by atoms with Crippen molar-refractivity contribution in [2.24, 2.45) is 5.92 Å². The molecule has 0 N–H and O–H groups in total. The number of nitrogens with zero attached hydrogens (tertiary/aromatic N) is 5. The van der Waals surface area contributed by atoms with Crippen molar-refractivity contribution in [2.45, 2.75) is 33.6 Å². The third-order valence-corrected chi connectivity index (χ3v) is 4.07. The SMILES string of the molecule is C/C=C(\C)CN1CC(C(OC)OC)C1.C=CC(=C)c1nnn(CC)n1. The molecule has 0 aliphatic carbocycles. The van der Waals surface area contributed by atoms with Gasteiger partial charge in [-0.2, -0.15) is 4.80 Å². The van der Waals surface area contributed by atoms with Crippen LogP contribution in [0.15, 0.2) is 30.9 Å². The maximum atomic E-state index is 5.22. The number of likely N-dealkylation sites (tertiary alicyclic amines) is 1. The van der Waals surface area contributed by atoms with E-state index in [4.69, 9.17) is 9.47 Å². The number of ether oxygens (including phenoxy) is 2. The van der Waals surface area contributed by atoms with E-state index in [1.54, 1.807) is 20.3 Å². The van der Waals surface area contributed by atoms with Gasteiger partial charge >= 0.3 is 0 Å². The monoisotopic (exact) mass is 349 g/mol. The number of tetrazole rings is 1. The molecule has 7 nitrogen and oxygen atoms in total. The van der Waals surface area contributed by atoms with Crippen LogP contribution in [0.3, 0.4) is 0 Å². The standard InChI is InChI=1S/C11H21NO2.C7H10N4/c1-5-9(2)6-12-7-10(8-12)11(13-3)14-4;1-4-6(3)7-8-10-11(5-2)9-7/h5,10-11H,6-8H2,1-4H3;4H,1,3,5H2,2H3/b9-5+;. The van der Waals surface area contributed by atoms with Crippen LogP contribution < -0.4 is 0 Å². The van der Waals surface area contributed by atoms with Crippen molar-refractivity contribution in [1.29, 1.82) is 0 Å². The largest absolute Gasteiger partial charge is 0.356 e. The number of aromatic nitrogens is 4. The summed E-state index contributed by atoms with van der Waals surface area (Å²) in [6.07, 6.45) is 3.74. The first-order valence-electron chi connectivity index (χ1n) is 8.48. The first-order chi connectivity index (χ1) is 12.0. The quantitative estimate of drug-likeness (QED) is 0.408. The van der Waals surface area contributed by atoms with Crippen molar-refractivity contribution in [3.8, 4) is 0 Å². The van der Waals surface area contributed by atoms with Gasteiger partial charge in [0.2, 0.25) is 5.82 Å². The third-order valence-electron chi connectivity index (χ3n) is 4.07. The van der Waals surface area contributed by atoms with Gasteiger partial charge in [0.15, 0.2) is 6.29 Å². The smallest absolute Gasteiger partial charge is 0.204 e. The summed E-state index contributed by atoms with van der Waals surface area (Å²) >= 11 is 0. The van der Waals surface area contributed by atoms with Crippen LogP contribution in [0.25, 0.3) is 5.57 Å². The van der Waals surface area contributed by atoms with Gasteiger partial charge in [0, 0.05) is 45.3 Å². The Morgan fingerprint density at radius 3 is 2.44 bits per heavy atom. The van der Waals surface area contributed by atoms with E-state index in [1.807, 2.05) is 6.92 Å². The van der Waals surface area contributed by atoms with Crippen molar-refractivity contribution < 1.29 is 9.47 Å². The summed E-state index contributed by atoms with van der Waals surface area (Å²) < 4.78 is 10.4. The molecule has 2 heterocycles. The van der Waals surface area contributed by atoms with Gasteiger partial charge in [-0.15, -0.1) is 10.2 Å². The molecule has 7 heteroatoms. The minimum Gasteiger partial charge on any atom is -0.356 e. The Hall–Kier alpha value is -1.83. The zero-order chi connectivity index (χ0) is 18.8. The molecule has 1 aromatic heterocycles. The molecule has 1 aromatic rings. The fourth-order valence-corrected chi connectivity index (χ4v) is 2.43. The van der Waals surface area contributed by atoms with Crippen molar-refractivity contribution >= 4 is 5.57 Å². The lowest BCUT2D eigenvalue weighted by molar-refractivity contribution is -0.168. The van der Waals surface area contributed by atoms with Gasteiger partial charge in [-0.1, -0.05) is 30.9 Å². The highest BCUT2D eigenvalue weighted by Crippen LogP contribution is 2.22. The highest BCUT2D eigenvalue weighted by atomic mass is 16.7. The lowest BCUT2D eigenvalue weighted by atomic mass is 9.98. The van der Waals surface area contributed by atoms with E-state index in [2.05, 4.69) is 53.4 Å². The Kier molecular flexibility index (Phi) is 9.26. The summed E-state index contributed by atoms with van der Waals surface area (Å²) in [6.45, 7) is 17.4. The van der Waals surface area contributed by atoms with E-state index in [0.29, 0.717) is 17.3 Å². The van der Waals surface area contributed by atoms with Gasteiger partial charge in [0.25, 0.3) is 0 Å². The molecule has 0 unspecified atom stereocenters. The molecule has 0 bridgehead atoms. The molecule has 140 valence electrons. The maximum absolute atomic E-state index is 5.22. The van der Waals surface area contributed by atoms with E-state index >= 15 is 0 Å². The summed E-state index contributed by atoms with van der Waals surface area (Å²) in [4.78, 5) is 3.91. The van der Waals surface area contributed by atoms with Gasteiger partial charge in [-0.05, 0) is 26.0 Å². The van der Waals surface area contributed by atoms with Crippen LogP contribution in [0.2, 0.25) is 0 Å². The summed E-state index contributed by atoms with van der Waals surface area (Å²) in [5.41, 5.74) is 2.12. The van der Waals surface area contributed by atoms with Crippen LogP contribution in [0.4, 0.5) is 0 Å². The second-order valence-corrected chi connectivity index (χ2v) is 5.96. The lowest BCUT2D eigenvalue weighted by Crippen LogP contribution is -2.53. The predicted octanol–water partition coefficient (Wildman–Crippen LogP) is 2.40. The number of hydrogen-bond acceptors (Lipinski definition) is 6. The molecule has 0 spiro atoms. The van der Waals surface area contributed by atoms with Crippen molar-refractivity contribution in [1.82, 2.24) is 25.1 Å². The molecule has 1 saturated heterocycles. The fourth-order valence-electron chi connectivity index (χ4n) is 2.43. The van der Waals surface area contributed by atoms with Gasteiger partial charge in [-0.3, -0.25) is 4.90 Å². The number of aryl methyl sites for hydroxylation is 1. The fraction of sp³-hybridized carbons (Fsp3) is 0.611. The minimum atomic E-state index is -0.0304. The molecule has 1 aliphatic heterocycles. The van der Waals surface area contributed by atoms with Crippen LogP contribution >= 0.6 is 0 Å². The third kappa shape index (κ3) is 6.53. The zero-order valence-electron chi connectivity index (χ0n) is 16.1. The van der Waals surface area contributed by atoms with Crippen molar-refractivity contribution in [3.05, 3.63) is 36.7 Å². The normalized spacial score (nSPS) is 15.5. The average molecular weight is 349 g/mol. The van der Waals surface area contributed by atoms with Crippen LogP contribution in [0, 0.1) is 5.92 Å². The Labute approximate surface area is 151 Å². The summed E-state index contributed by atoms with van der Waals surface area (Å²) in [7, 11) is 3.40. The molecule has 1 aliphatic rings. The highest BCUT2D eigenvalue weighted by molar-refractivity contribution is 5.65. The summed E-state index contributed by atoms with van der Waals surface area (Å²) in [5.74, 6) is 1.08. The molecule has 1 fully saturated rings. The number of rotatable bonds is 8. The molecule has 0 radical (unpaired) electrons. The van der Waals surface area contributed by atoms with Gasteiger partial charge < -0.3 is 9.47 Å². The molecule has 0 aromatic carbocycles. The van der Waals surface area contributed by atoms with E-state index in [0.717, 1.165) is 26.2 Å². The Morgan fingerprint density at radius 1 is 1.36 bits per heavy atom. The number of methoxy groups -OCH3 is 2. The van der Waals surface area contributed by atoms with E-state index in [9.17, 15) is 0 Å². The summed E-state index contributed by atoms with van der Waals surface area (Å²) in [6, 6.07) is 0. The zero-order valence-corrected chi connectivity index (χ0v) is 16.1. The van der Waals surface area contributed by atoms with Crippen molar-refractivity contribution in [2.75, 3.05) is 33.9 Å². The average Bonchev–Trinajstić information content (AvgIpc) is 3.09. The van der Waals surface area contributed by atoms with E-state index in [1.165, 1.54) is 10.4 Å². The molecular formula is C18H31N5O2. The minimum absolute atomic E-state index is 0.0304. The molecule has 2 rings (SSSR count). The van der Waals surface area contributed by atoms with Gasteiger partial charge in [0.1, 0.15) is 0 Å². The predicted molar refractivity (Wildman–Crippen MR) is 99.9 cm³/mol.